The number of nitrogens with two attached hydrogens (primary N) is 1. The second-order valence-corrected chi connectivity index (χ2v) is 17.5. The van der Waals surface area contributed by atoms with Crippen molar-refractivity contribution in [2.75, 3.05) is 58.9 Å². The Hall–Kier alpha value is -3.94. The Morgan fingerprint density at radius 2 is 1.82 bits per heavy atom. The molecule has 9 rings (SSSR count). The van der Waals surface area contributed by atoms with E-state index in [-0.39, 0.29) is 12.0 Å². The number of anilines is 1. The van der Waals surface area contributed by atoms with Crippen molar-refractivity contribution in [1.29, 1.82) is 0 Å². The first-order valence-electron chi connectivity index (χ1n) is 20.0. The van der Waals surface area contributed by atoms with Gasteiger partial charge >= 0.3 is 5.97 Å². The number of hydrogen-bond acceptors (Lipinski definition) is 10. The molecular formula is C43H55N5O7. The summed E-state index contributed by atoms with van der Waals surface area (Å²) in [4.78, 5) is 39.3. The first-order valence-corrected chi connectivity index (χ1v) is 20.0. The largest absolute Gasteiger partial charge is 0.496 e. The highest BCUT2D eigenvalue weighted by molar-refractivity contribution is 5.95. The fourth-order valence-electron chi connectivity index (χ4n) is 13.1. The van der Waals surface area contributed by atoms with Crippen LogP contribution in [-0.4, -0.2) is 125 Å². The Balaban J connectivity index is 1.36. The molecule has 6 aliphatic rings. The maximum atomic E-state index is 15.2. The van der Waals surface area contributed by atoms with Crippen LogP contribution in [0.15, 0.2) is 48.6 Å². The number of nitrogens with one attached hydrogen (secondary N) is 1. The van der Waals surface area contributed by atoms with E-state index in [1.54, 1.807) is 7.11 Å². The number of aliphatic hydroxyl groups is 3. The van der Waals surface area contributed by atoms with Gasteiger partial charge in [0.05, 0.1) is 25.9 Å². The monoisotopic (exact) mass is 753 g/mol. The summed E-state index contributed by atoms with van der Waals surface area (Å²) in [6, 6.07) is 11.0. The molecule has 0 radical (unpaired) electrons. The molecule has 1 saturated carbocycles. The zero-order chi connectivity index (χ0) is 38.9. The van der Waals surface area contributed by atoms with Crippen LogP contribution >= 0.6 is 0 Å². The number of piperidine rings is 1. The smallest absolute Gasteiger partial charge is 0.322 e. The number of benzene rings is 2. The summed E-state index contributed by atoms with van der Waals surface area (Å²) in [5.74, 6) is -1.00. The highest BCUT2D eigenvalue weighted by Gasteiger charge is 2.78. The van der Waals surface area contributed by atoms with Crippen molar-refractivity contribution in [3.63, 3.8) is 0 Å². The minimum atomic E-state index is -2.30. The van der Waals surface area contributed by atoms with Crippen LogP contribution in [0, 0.1) is 11.3 Å². The van der Waals surface area contributed by atoms with Crippen LogP contribution in [0.25, 0.3) is 10.9 Å². The summed E-state index contributed by atoms with van der Waals surface area (Å²) in [6.07, 6.45) is 5.78. The van der Waals surface area contributed by atoms with Crippen molar-refractivity contribution in [3.8, 4) is 5.75 Å². The number of nitrogens with zero attached hydrogens (tertiary/aromatic N) is 3. The zero-order valence-corrected chi connectivity index (χ0v) is 32.6. The summed E-state index contributed by atoms with van der Waals surface area (Å²) in [5, 5.41) is 38.0. The number of carbonyl (C=O) groups is 2. The number of ether oxygens (including phenoxy) is 2. The molecule has 6 N–H and O–H groups in total. The Labute approximate surface area is 322 Å². The minimum Gasteiger partial charge on any atom is -0.496 e. The van der Waals surface area contributed by atoms with Crippen molar-refractivity contribution in [3.05, 3.63) is 70.9 Å². The van der Waals surface area contributed by atoms with Crippen LogP contribution in [0.1, 0.15) is 68.3 Å². The first kappa shape index (κ1) is 36.7. The Kier molecular flexibility index (Phi) is 8.19. The summed E-state index contributed by atoms with van der Waals surface area (Å²) in [6.45, 7) is 7.39. The molecule has 2 aromatic carbocycles. The van der Waals surface area contributed by atoms with Gasteiger partial charge in [-0.2, -0.15) is 0 Å². The molecule has 10 atom stereocenters. The van der Waals surface area contributed by atoms with Crippen LogP contribution in [0.2, 0.25) is 0 Å². The minimum absolute atomic E-state index is 0.0790. The SMILES string of the molecule is CC[C@]1(O)C[C@H]2CN(CCc3c([nH]c4ccccc34)[C@@](C(=O)OC)(c3cc4c(cc3OC)N(C)[C@@H]3C45CCN4CC=C[C@](CC)(C45)[C@@H](O)[C@]3(O)C(N)=O)C2)C1. The second kappa shape index (κ2) is 12.3. The van der Waals surface area contributed by atoms with Gasteiger partial charge in [0.15, 0.2) is 5.60 Å². The molecule has 294 valence electrons. The highest BCUT2D eigenvalue weighted by atomic mass is 16.5. The number of aliphatic hydroxyl groups excluding tert-OH is 1. The molecular weight excluding hydrogens is 699 g/mol. The van der Waals surface area contributed by atoms with Crippen LogP contribution in [0.3, 0.4) is 0 Å². The molecule has 3 fully saturated rings. The number of carbonyl (C=O) groups excluding carboxylic acids is 2. The predicted molar refractivity (Wildman–Crippen MR) is 208 cm³/mol. The third-order valence-electron chi connectivity index (χ3n) is 15.2. The number of aromatic amines is 1. The zero-order valence-electron chi connectivity index (χ0n) is 32.6. The van der Waals surface area contributed by atoms with E-state index in [0.717, 1.165) is 46.5 Å². The topological polar surface area (TPSA) is 165 Å². The van der Waals surface area contributed by atoms with E-state index in [9.17, 15) is 20.1 Å². The van der Waals surface area contributed by atoms with E-state index in [1.165, 1.54) is 7.11 Å². The lowest BCUT2D eigenvalue weighted by atomic mass is 9.47. The molecule has 3 aromatic rings. The highest BCUT2D eigenvalue weighted by Crippen LogP contribution is 2.67. The molecule has 55 heavy (non-hydrogen) atoms. The van der Waals surface area contributed by atoms with Crippen LogP contribution < -0.4 is 15.4 Å². The van der Waals surface area contributed by atoms with Gasteiger partial charge in [0.2, 0.25) is 0 Å². The Bertz CT molecular complexity index is 2120. The average molecular weight is 754 g/mol. The van der Waals surface area contributed by atoms with Gasteiger partial charge in [-0.1, -0.05) is 44.2 Å². The van der Waals surface area contributed by atoms with Crippen molar-refractivity contribution in [1.82, 2.24) is 14.8 Å². The third kappa shape index (κ3) is 4.51. The summed E-state index contributed by atoms with van der Waals surface area (Å²) in [7, 11) is 4.89. The number of methoxy groups -OCH3 is 2. The number of primary amides is 1. The van der Waals surface area contributed by atoms with E-state index in [4.69, 9.17) is 15.2 Å². The lowest BCUT2D eigenvalue weighted by molar-refractivity contribution is -0.201. The number of rotatable bonds is 6. The number of para-hydroxylation sites is 1. The molecule has 2 saturated heterocycles. The number of hydrogen-bond donors (Lipinski definition) is 5. The molecule has 1 amide bonds. The van der Waals surface area contributed by atoms with Gasteiger partial charge in [0.25, 0.3) is 5.91 Å². The molecule has 12 heteroatoms. The van der Waals surface area contributed by atoms with Gasteiger partial charge in [0, 0.05) is 84.0 Å². The van der Waals surface area contributed by atoms with Crippen molar-refractivity contribution >= 4 is 28.5 Å². The maximum Gasteiger partial charge on any atom is 0.322 e. The number of H-pyrrole nitrogens is 1. The number of fused-ring (bicyclic) bond motifs is 6. The molecule has 5 aliphatic heterocycles. The van der Waals surface area contributed by atoms with E-state index in [2.05, 4.69) is 26.9 Å². The Morgan fingerprint density at radius 1 is 1.04 bits per heavy atom. The molecule has 2 bridgehead atoms. The molecule has 12 nitrogen and oxygen atoms in total. The first-order chi connectivity index (χ1) is 26.3. The molecule has 3 unspecified atom stereocenters. The van der Waals surface area contributed by atoms with Gasteiger partial charge in [-0.3, -0.25) is 19.4 Å². The quantitative estimate of drug-likeness (QED) is 0.187. The maximum absolute atomic E-state index is 15.2. The van der Waals surface area contributed by atoms with Gasteiger partial charge in [0.1, 0.15) is 17.3 Å². The van der Waals surface area contributed by atoms with Gasteiger partial charge < -0.3 is 40.4 Å². The van der Waals surface area contributed by atoms with E-state index >= 15 is 4.79 Å². The normalized spacial score (nSPS) is 39.0. The Morgan fingerprint density at radius 3 is 2.53 bits per heavy atom. The van der Waals surface area contributed by atoms with E-state index < -0.39 is 51.5 Å². The van der Waals surface area contributed by atoms with Crippen LogP contribution in [-0.2, 0) is 31.6 Å². The van der Waals surface area contributed by atoms with Gasteiger partial charge in [-0.15, -0.1) is 0 Å². The van der Waals surface area contributed by atoms with Crippen LogP contribution in [0.5, 0.6) is 5.75 Å². The molecule has 1 aromatic heterocycles. The second-order valence-electron chi connectivity index (χ2n) is 17.5. The lowest BCUT2D eigenvalue weighted by Gasteiger charge is -2.63. The number of amides is 1. The van der Waals surface area contributed by atoms with Crippen LogP contribution in [0.4, 0.5) is 5.69 Å². The standard InChI is InChI=1S/C43H55N5O7/c1-6-39(52)21-25-22-42(38(51)55-5,33-27(13-17-47(23-25)24-39)26-11-8-9-12-30(26)45-33)29-19-28-31(20-32(29)54-4)46(3)35-41(28)15-18-48-16-10-14-40(7-2,34(41)48)36(49)43(35,53)37(44)50/h8-12,14,19-20,25,34-36,45,49,52-53H,6-7,13,15-18,21-24H2,1-5H3,(H2,44,50)/t25-,34?,35-,36-,39+,40-,41?,42+,43+/m1/s1. The summed E-state index contributed by atoms with van der Waals surface area (Å²) >= 11 is 0. The summed E-state index contributed by atoms with van der Waals surface area (Å²) < 4.78 is 12.2. The van der Waals surface area contributed by atoms with E-state index in [1.807, 2.05) is 62.2 Å². The van der Waals surface area contributed by atoms with Crippen molar-refractivity contribution in [2.24, 2.45) is 17.1 Å². The molecule has 6 heterocycles. The van der Waals surface area contributed by atoms with Gasteiger partial charge in [-0.25, -0.2) is 0 Å². The van der Waals surface area contributed by atoms with Crippen molar-refractivity contribution < 1.29 is 34.4 Å². The number of aromatic nitrogens is 1. The lowest BCUT2D eigenvalue weighted by Crippen LogP contribution is -2.81. The number of likely N-dealkylation sites (N-methyl/N-ethyl adjacent to an activating group) is 1. The predicted octanol–water partition coefficient (Wildman–Crippen LogP) is 2.73. The third-order valence-corrected chi connectivity index (χ3v) is 15.2. The van der Waals surface area contributed by atoms with Gasteiger partial charge in [-0.05, 0) is 74.2 Å². The fraction of sp³-hybridized carbons (Fsp3) is 0.581. The fourth-order valence-corrected chi connectivity index (χ4v) is 13.1. The summed E-state index contributed by atoms with van der Waals surface area (Å²) in [5.41, 5.74) is 4.72. The molecule has 1 aliphatic carbocycles. The van der Waals surface area contributed by atoms with Crippen molar-refractivity contribution in [2.45, 2.75) is 92.6 Å². The number of esters is 1. The van der Waals surface area contributed by atoms with E-state index in [0.29, 0.717) is 69.5 Å². The average Bonchev–Trinajstić information content (AvgIpc) is 3.84. The molecule has 1 spiro atoms.